The molecule has 0 amide bonds. The van der Waals surface area contributed by atoms with Crippen LogP contribution in [0.4, 0.5) is 8.78 Å². The number of halogens is 2. The van der Waals surface area contributed by atoms with E-state index in [-0.39, 0.29) is 18.4 Å². The summed E-state index contributed by atoms with van der Waals surface area (Å²) in [6.45, 7) is 2.41. The van der Waals surface area contributed by atoms with Crippen molar-refractivity contribution < 1.29 is 8.78 Å². The average Bonchev–Trinajstić information content (AvgIpc) is 1.85. The number of rotatable bonds is 0. The molecule has 0 atom stereocenters. The number of nitrogens with one attached hydrogen (secondary N) is 2. The summed E-state index contributed by atoms with van der Waals surface area (Å²) in [5.74, 6) is -2.41. The molecule has 2 rings (SSSR count). The van der Waals surface area contributed by atoms with Crippen LogP contribution in [-0.2, 0) is 0 Å². The van der Waals surface area contributed by atoms with E-state index in [2.05, 4.69) is 10.6 Å². The van der Waals surface area contributed by atoms with Gasteiger partial charge in [0.2, 0.25) is 0 Å². The Bertz CT molecular complexity index is 154. The van der Waals surface area contributed by atoms with Crippen molar-refractivity contribution in [2.45, 2.75) is 24.3 Å². The summed E-state index contributed by atoms with van der Waals surface area (Å²) in [5.41, 5.74) is -0.276. The van der Waals surface area contributed by atoms with E-state index in [0.717, 1.165) is 13.1 Å². The first-order valence-corrected chi connectivity index (χ1v) is 3.96. The molecule has 1 saturated carbocycles. The van der Waals surface area contributed by atoms with E-state index in [1.165, 1.54) is 0 Å². The molecule has 0 aromatic carbocycles. The van der Waals surface area contributed by atoms with E-state index in [1.807, 2.05) is 0 Å². The highest BCUT2D eigenvalue weighted by molar-refractivity contribution is 5.08. The van der Waals surface area contributed by atoms with Gasteiger partial charge in [-0.25, -0.2) is 8.78 Å². The summed E-state index contributed by atoms with van der Waals surface area (Å²) in [7, 11) is 0. The van der Waals surface area contributed by atoms with Gasteiger partial charge in [-0.2, -0.15) is 0 Å². The van der Waals surface area contributed by atoms with Gasteiger partial charge in [0.1, 0.15) is 0 Å². The smallest absolute Gasteiger partial charge is 0.251 e. The molecule has 0 unspecified atom stereocenters. The predicted molar refractivity (Wildman–Crippen MR) is 37.8 cm³/mol. The van der Waals surface area contributed by atoms with Gasteiger partial charge in [-0.05, 0) is 0 Å². The van der Waals surface area contributed by atoms with Gasteiger partial charge >= 0.3 is 0 Å². The zero-order chi connectivity index (χ0) is 7.95. The van der Waals surface area contributed by atoms with Crippen LogP contribution in [0.3, 0.4) is 0 Å². The lowest BCUT2D eigenvalue weighted by molar-refractivity contribution is -0.136. The number of piperazine rings is 1. The first-order valence-electron chi connectivity index (χ1n) is 3.96. The third-order valence-electron chi connectivity index (χ3n) is 2.46. The molecule has 0 radical (unpaired) electrons. The normalized spacial score (nSPS) is 33.3. The van der Waals surface area contributed by atoms with Crippen molar-refractivity contribution >= 4 is 0 Å². The standard InChI is InChI=1S/C7H12F2N2/c8-7(9)3-6(4-7)5-10-1-2-11-6/h10-11H,1-5H2. The van der Waals surface area contributed by atoms with Crippen molar-refractivity contribution in [1.82, 2.24) is 10.6 Å². The first kappa shape index (κ1) is 7.43. The SMILES string of the molecule is FC1(F)CC2(CNCCN2)C1. The molecule has 1 aliphatic carbocycles. The quantitative estimate of drug-likeness (QED) is 0.537. The second-order valence-electron chi connectivity index (χ2n) is 3.59. The van der Waals surface area contributed by atoms with Gasteiger partial charge in [0.05, 0.1) is 0 Å². The molecule has 4 heteroatoms. The Kier molecular flexibility index (Phi) is 1.44. The van der Waals surface area contributed by atoms with Crippen LogP contribution in [0.15, 0.2) is 0 Å². The number of hydrogen-bond donors (Lipinski definition) is 2. The minimum Gasteiger partial charge on any atom is -0.314 e. The van der Waals surface area contributed by atoms with Crippen molar-refractivity contribution in [1.29, 1.82) is 0 Å². The van der Waals surface area contributed by atoms with Crippen molar-refractivity contribution in [3.63, 3.8) is 0 Å². The van der Waals surface area contributed by atoms with Gasteiger partial charge in [0.15, 0.2) is 0 Å². The Morgan fingerprint density at radius 1 is 1.09 bits per heavy atom. The first-order chi connectivity index (χ1) is 5.12. The van der Waals surface area contributed by atoms with Gasteiger partial charge in [-0.1, -0.05) is 0 Å². The molecular formula is C7H12F2N2. The van der Waals surface area contributed by atoms with Gasteiger partial charge in [-0.3, -0.25) is 0 Å². The van der Waals surface area contributed by atoms with Crippen LogP contribution in [-0.4, -0.2) is 31.1 Å². The zero-order valence-corrected chi connectivity index (χ0v) is 6.29. The molecular weight excluding hydrogens is 150 g/mol. The van der Waals surface area contributed by atoms with Crippen LogP contribution >= 0.6 is 0 Å². The van der Waals surface area contributed by atoms with Crippen molar-refractivity contribution in [3.8, 4) is 0 Å². The summed E-state index contributed by atoms with van der Waals surface area (Å²) in [6, 6.07) is 0. The van der Waals surface area contributed by atoms with Crippen LogP contribution in [0.1, 0.15) is 12.8 Å². The third-order valence-corrected chi connectivity index (χ3v) is 2.46. The van der Waals surface area contributed by atoms with E-state index in [0.29, 0.717) is 6.54 Å². The second-order valence-corrected chi connectivity index (χ2v) is 3.59. The molecule has 11 heavy (non-hydrogen) atoms. The minimum absolute atomic E-state index is 0.00694. The van der Waals surface area contributed by atoms with Gasteiger partial charge in [-0.15, -0.1) is 0 Å². The molecule has 64 valence electrons. The maximum Gasteiger partial charge on any atom is 0.251 e. The molecule has 2 fully saturated rings. The topological polar surface area (TPSA) is 24.1 Å². The highest BCUT2D eigenvalue weighted by atomic mass is 19.3. The number of hydrogen-bond acceptors (Lipinski definition) is 2. The largest absolute Gasteiger partial charge is 0.314 e. The monoisotopic (exact) mass is 162 g/mol. The van der Waals surface area contributed by atoms with Gasteiger partial charge in [0.25, 0.3) is 5.92 Å². The minimum atomic E-state index is -2.41. The van der Waals surface area contributed by atoms with Crippen LogP contribution in [0.2, 0.25) is 0 Å². The highest BCUT2D eigenvalue weighted by Gasteiger charge is 2.56. The van der Waals surface area contributed by atoms with Crippen molar-refractivity contribution in [2.75, 3.05) is 19.6 Å². The summed E-state index contributed by atoms with van der Waals surface area (Å²) in [4.78, 5) is 0. The molecule has 1 spiro atoms. The molecule has 2 aliphatic rings. The fraction of sp³-hybridized carbons (Fsp3) is 1.00. The third kappa shape index (κ3) is 1.25. The Morgan fingerprint density at radius 2 is 1.82 bits per heavy atom. The lowest BCUT2D eigenvalue weighted by Gasteiger charge is -2.50. The molecule has 0 aromatic heterocycles. The lowest BCUT2D eigenvalue weighted by Crippen LogP contribution is -2.69. The number of alkyl halides is 2. The van der Waals surface area contributed by atoms with Crippen LogP contribution < -0.4 is 10.6 Å². The Hall–Kier alpha value is -0.220. The Balaban J connectivity index is 1.94. The summed E-state index contributed by atoms with van der Waals surface area (Å²) in [6.07, 6.45) is 0.0139. The maximum absolute atomic E-state index is 12.5. The van der Waals surface area contributed by atoms with Crippen molar-refractivity contribution in [2.24, 2.45) is 0 Å². The Morgan fingerprint density at radius 3 is 2.27 bits per heavy atom. The van der Waals surface area contributed by atoms with Crippen LogP contribution in [0, 0.1) is 0 Å². The van der Waals surface area contributed by atoms with E-state index >= 15 is 0 Å². The van der Waals surface area contributed by atoms with Gasteiger partial charge in [0, 0.05) is 38.0 Å². The summed E-state index contributed by atoms with van der Waals surface area (Å²) < 4.78 is 25.0. The maximum atomic E-state index is 12.5. The van der Waals surface area contributed by atoms with E-state index < -0.39 is 5.92 Å². The molecule has 1 saturated heterocycles. The fourth-order valence-corrected chi connectivity index (χ4v) is 1.99. The molecule has 2 N–H and O–H groups in total. The zero-order valence-electron chi connectivity index (χ0n) is 6.29. The predicted octanol–water partition coefficient (Wildman–Crippen LogP) is 0.347. The molecule has 2 nitrogen and oxygen atoms in total. The van der Waals surface area contributed by atoms with Crippen LogP contribution in [0.25, 0.3) is 0 Å². The molecule has 1 heterocycles. The lowest BCUT2D eigenvalue weighted by atomic mass is 9.72. The Labute approximate surface area is 64.3 Å². The van der Waals surface area contributed by atoms with Gasteiger partial charge < -0.3 is 10.6 Å². The van der Waals surface area contributed by atoms with Crippen LogP contribution in [0.5, 0.6) is 0 Å². The second kappa shape index (κ2) is 2.14. The molecule has 0 aromatic rings. The summed E-state index contributed by atoms with van der Waals surface area (Å²) in [5, 5.41) is 6.26. The van der Waals surface area contributed by atoms with E-state index in [4.69, 9.17) is 0 Å². The highest BCUT2D eigenvalue weighted by Crippen LogP contribution is 2.45. The van der Waals surface area contributed by atoms with E-state index in [1.54, 1.807) is 0 Å². The average molecular weight is 162 g/mol. The molecule has 1 aliphatic heterocycles. The summed E-state index contributed by atoms with van der Waals surface area (Å²) >= 11 is 0. The van der Waals surface area contributed by atoms with Crippen molar-refractivity contribution in [3.05, 3.63) is 0 Å². The van der Waals surface area contributed by atoms with E-state index in [9.17, 15) is 8.78 Å². The fourth-order valence-electron chi connectivity index (χ4n) is 1.99. The molecule has 0 bridgehead atoms.